The molecule has 3 aromatic rings. The number of piperazine rings is 1. The second kappa shape index (κ2) is 16.1. The van der Waals surface area contributed by atoms with Crippen molar-refractivity contribution < 1.29 is 28.7 Å². The van der Waals surface area contributed by atoms with Crippen LogP contribution >= 0.6 is 0 Å². The van der Waals surface area contributed by atoms with Gasteiger partial charge in [0.1, 0.15) is 0 Å². The summed E-state index contributed by atoms with van der Waals surface area (Å²) >= 11 is 0. The van der Waals surface area contributed by atoms with Gasteiger partial charge in [0.15, 0.2) is 0 Å². The van der Waals surface area contributed by atoms with Crippen LogP contribution in [0, 0.1) is 0 Å². The van der Waals surface area contributed by atoms with Gasteiger partial charge in [-0.25, -0.2) is 9.59 Å². The molecule has 0 unspecified atom stereocenters. The quantitative estimate of drug-likeness (QED) is 0.131. The number of ether oxygens (including phenoxy) is 1. The Morgan fingerprint density at radius 2 is 1.41 bits per heavy atom. The number of anilines is 1. The minimum absolute atomic E-state index is 0.0943. The number of aromatic amines is 1. The first-order valence-corrected chi connectivity index (χ1v) is 15.0. The molecule has 2 heterocycles. The zero-order valence-corrected chi connectivity index (χ0v) is 25.0. The monoisotopic (exact) mass is 604 g/mol. The van der Waals surface area contributed by atoms with Gasteiger partial charge >= 0.3 is 12.1 Å². The highest BCUT2D eigenvalue weighted by Crippen LogP contribution is 2.26. The van der Waals surface area contributed by atoms with Crippen LogP contribution in [0.1, 0.15) is 59.2 Å². The van der Waals surface area contributed by atoms with Gasteiger partial charge in [-0.05, 0) is 31.0 Å². The molecule has 0 spiro atoms. The van der Waals surface area contributed by atoms with Crippen LogP contribution in [0.5, 0.6) is 0 Å². The number of carbonyl (C=O) groups is 5. The van der Waals surface area contributed by atoms with Crippen molar-refractivity contribution in [3.63, 3.8) is 0 Å². The number of para-hydroxylation sites is 1. The number of amides is 5. The van der Waals surface area contributed by atoms with E-state index in [0.717, 1.165) is 38.5 Å². The Morgan fingerprint density at radius 3 is 2.09 bits per heavy atom. The summed E-state index contributed by atoms with van der Waals surface area (Å²) in [6, 6.07) is 13.8. The molecule has 0 radical (unpaired) electrons. The van der Waals surface area contributed by atoms with E-state index in [1.54, 1.807) is 35.2 Å². The van der Waals surface area contributed by atoms with Gasteiger partial charge < -0.3 is 35.5 Å². The maximum Gasteiger partial charge on any atom is 0.406 e. The van der Waals surface area contributed by atoms with E-state index in [0.29, 0.717) is 48.3 Å². The van der Waals surface area contributed by atoms with Gasteiger partial charge in [-0.1, -0.05) is 56.0 Å². The number of Topliss-reactive ketones (excluding diaryl/α,β-unsaturated/α-hetero) is 1. The predicted octanol–water partition coefficient (Wildman–Crippen LogP) is 4.15. The first-order chi connectivity index (χ1) is 21.4. The molecule has 0 saturated carbocycles. The Hall–Kier alpha value is -4.87. The molecular formula is C32H40N6O6. The van der Waals surface area contributed by atoms with Crippen LogP contribution in [0.25, 0.3) is 10.9 Å². The number of H-pyrrole nitrogens is 1. The zero-order chi connectivity index (χ0) is 31.3. The number of fused-ring (bicyclic) bond motifs is 1. The van der Waals surface area contributed by atoms with Gasteiger partial charge in [0.05, 0.1) is 23.9 Å². The highest BCUT2D eigenvalue weighted by molar-refractivity contribution is 6.45. The van der Waals surface area contributed by atoms with Crippen LogP contribution in [-0.2, 0) is 9.53 Å². The summed E-state index contributed by atoms with van der Waals surface area (Å²) in [4.78, 5) is 68.8. The predicted molar refractivity (Wildman–Crippen MR) is 167 cm³/mol. The smallest absolute Gasteiger partial charge is 0.406 e. The fourth-order valence-electron chi connectivity index (χ4n) is 5.17. The molecule has 12 nitrogen and oxygen atoms in total. The molecule has 234 valence electrons. The molecule has 4 N–H and O–H groups in total. The summed E-state index contributed by atoms with van der Waals surface area (Å²) in [7, 11) is 1.34. The maximum absolute atomic E-state index is 13.2. The average Bonchev–Trinajstić information content (AvgIpc) is 3.50. The fraction of sp³-hybridized carbons (Fsp3) is 0.406. The van der Waals surface area contributed by atoms with Gasteiger partial charge in [-0.2, -0.15) is 0 Å². The number of carbonyl (C=O) groups excluding carboxylic acids is 5. The molecule has 0 aliphatic carbocycles. The van der Waals surface area contributed by atoms with Crippen LogP contribution in [0.4, 0.5) is 15.3 Å². The molecule has 2 aromatic carbocycles. The Morgan fingerprint density at radius 1 is 0.773 bits per heavy atom. The van der Waals surface area contributed by atoms with E-state index in [-0.39, 0.29) is 30.6 Å². The second-order valence-electron chi connectivity index (χ2n) is 10.6. The average molecular weight is 605 g/mol. The van der Waals surface area contributed by atoms with Crippen LogP contribution in [0.15, 0.2) is 54.7 Å². The Labute approximate surface area is 256 Å². The summed E-state index contributed by atoms with van der Waals surface area (Å²) < 4.78 is 4.53. The number of nitrogens with one attached hydrogen (secondary N) is 4. The first kappa shape index (κ1) is 32.1. The van der Waals surface area contributed by atoms with Crippen molar-refractivity contribution in [3.8, 4) is 0 Å². The van der Waals surface area contributed by atoms with Crippen molar-refractivity contribution >= 4 is 46.3 Å². The van der Waals surface area contributed by atoms with Gasteiger partial charge in [0, 0.05) is 56.4 Å². The molecule has 1 aromatic heterocycles. The molecule has 0 atom stereocenters. The van der Waals surface area contributed by atoms with Crippen LogP contribution in [0.3, 0.4) is 0 Å². The third-order valence-corrected chi connectivity index (χ3v) is 7.62. The summed E-state index contributed by atoms with van der Waals surface area (Å²) in [5.41, 5.74) is 1.88. The lowest BCUT2D eigenvalue weighted by atomic mass is 10.1. The molecule has 4 rings (SSSR count). The largest absolute Gasteiger partial charge is 0.453 e. The van der Waals surface area contributed by atoms with E-state index in [1.807, 2.05) is 18.2 Å². The molecule has 5 amide bonds. The lowest BCUT2D eigenvalue weighted by Gasteiger charge is -2.34. The summed E-state index contributed by atoms with van der Waals surface area (Å²) in [6.45, 7) is 2.36. The van der Waals surface area contributed by atoms with E-state index in [9.17, 15) is 24.0 Å². The Kier molecular flexibility index (Phi) is 11.7. The van der Waals surface area contributed by atoms with Crippen molar-refractivity contribution in [2.75, 3.05) is 51.7 Å². The van der Waals surface area contributed by atoms with Gasteiger partial charge in [0.25, 0.3) is 17.6 Å². The lowest BCUT2D eigenvalue weighted by Crippen LogP contribution is -2.52. The molecule has 1 aliphatic rings. The van der Waals surface area contributed by atoms with E-state index in [2.05, 4.69) is 25.7 Å². The highest BCUT2D eigenvalue weighted by Gasteiger charge is 2.30. The Balaban J connectivity index is 1.21. The maximum atomic E-state index is 13.2. The summed E-state index contributed by atoms with van der Waals surface area (Å²) in [5.74, 6) is -1.35. The third kappa shape index (κ3) is 8.59. The third-order valence-electron chi connectivity index (χ3n) is 7.62. The zero-order valence-electron chi connectivity index (χ0n) is 25.0. The van der Waals surface area contributed by atoms with E-state index in [4.69, 9.17) is 0 Å². The lowest BCUT2D eigenvalue weighted by molar-refractivity contribution is -0.127. The number of urea groups is 1. The van der Waals surface area contributed by atoms with Crippen LogP contribution in [0.2, 0.25) is 0 Å². The summed E-state index contributed by atoms with van der Waals surface area (Å²) in [6.07, 6.45) is 6.92. The number of rotatable bonds is 13. The molecule has 1 saturated heterocycles. The normalized spacial score (nSPS) is 12.9. The van der Waals surface area contributed by atoms with Gasteiger partial charge in [-0.15, -0.1) is 0 Å². The minimum Gasteiger partial charge on any atom is -0.453 e. The van der Waals surface area contributed by atoms with E-state index < -0.39 is 17.8 Å². The van der Waals surface area contributed by atoms with Crippen LogP contribution in [-0.4, -0.2) is 90.9 Å². The first-order valence-electron chi connectivity index (χ1n) is 15.0. The van der Waals surface area contributed by atoms with Crippen molar-refractivity contribution in [2.24, 2.45) is 0 Å². The number of hydrogen-bond donors (Lipinski definition) is 4. The van der Waals surface area contributed by atoms with Gasteiger partial charge in [-0.3, -0.25) is 14.4 Å². The van der Waals surface area contributed by atoms with E-state index >= 15 is 0 Å². The topological polar surface area (TPSA) is 153 Å². The standard InChI is InChI=1S/C32H40N6O6/c1-44-32(43)34-17-10-5-3-2-4-9-16-33-31(42)36-26-15-11-14-24-25(22-35-27(24)26)28(39)30(41)38-20-18-37(19-21-38)29(40)23-12-7-6-8-13-23/h6-8,11-15,22,35H,2-5,9-10,16-21H2,1H3,(H,34,43)(H2,33,36,42). The second-order valence-corrected chi connectivity index (χ2v) is 10.6. The number of alkyl carbamates (subject to hydrolysis) is 1. The van der Waals surface area contributed by atoms with Crippen molar-refractivity contribution in [1.82, 2.24) is 25.4 Å². The van der Waals surface area contributed by atoms with Crippen molar-refractivity contribution in [1.29, 1.82) is 0 Å². The number of nitrogens with zero attached hydrogens (tertiary/aromatic N) is 2. The van der Waals surface area contributed by atoms with Crippen molar-refractivity contribution in [3.05, 3.63) is 65.9 Å². The number of methoxy groups -OCH3 is 1. The van der Waals surface area contributed by atoms with Crippen LogP contribution < -0.4 is 16.0 Å². The molecule has 44 heavy (non-hydrogen) atoms. The number of hydrogen-bond acceptors (Lipinski definition) is 6. The molecule has 1 aliphatic heterocycles. The summed E-state index contributed by atoms with van der Waals surface area (Å²) in [5, 5.41) is 8.89. The van der Waals surface area contributed by atoms with Crippen molar-refractivity contribution in [2.45, 2.75) is 38.5 Å². The highest BCUT2D eigenvalue weighted by atomic mass is 16.5. The number of benzene rings is 2. The minimum atomic E-state index is -0.639. The number of unbranched alkanes of at least 4 members (excludes halogenated alkanes) is 5. The number of ketones is 1. The molecule has 12 heteroatoms. The Bertz CT molecular complexity index is 1450. The molecule has 0 bridgehead atoms. The fourth-order valence-corrected chi connectivity index (χ4v) is 5.17. The molecule has 1 fully saturated rings. The molecular weight excluding hydrogens is 564 g/mol. The van der Waals surface area contributed by atoms with E-state index in [1.165, 1.54) is 18.2 Å². The van der Waals surface area contributed by atoms with Gasteiger partial charge in [0.2, 0.25) is 0 Å². The SMILES string of the molecule is COC(=O)NCCCCCCCCNC(=O)Nc1cccc2c(C(=O)C(=O)N3CCN(C(=O)c4ccccc4)CC3)c[nH]c12. The number of aromatic nitrogens is 1.